The lowest BCUT2D eigenvalue weighted by Gasteiger charge is -2.19. The van der Waals surface area contributed by atoms with E-state index in [1.807, 2.05) is 6.92 Å². The Kier molecular flexibility index (Phi) is 6.17. The Bertz CT molecular complexity index is 541. The maximum absolute atomic E-state index is 12.4. The van der Waals surface area contributed by atoms with Gasteiger partial charge >= 0.3 is 11.9 Å². The average molecular weight is 310 g/mol. The Labute approximate surface area is 131 Å². The molecule has 1 heterocycles. The van der Waals surface area contributed by atoms with E-state index in [-0.39, 0.29) is 6.61 Å². The molecule has 6 heteroatoms. The summed E-state index contributed by atoms with van der Waals surface area (Å²) in [5.41, 5.74) is 1.43. The summed E-state index contributed by atoms with van der Waals surface area (Å²) in [7, 11) is 1.77. The van der Waals surface area contributed by atoms with Crippen LogP contribution in [-0.2, 0) is 22.4 Å². The van der Waals surface area contributed by atoms with Gasteiger partial charge < -0.3 is 19.8 Å². The molecule has 0 saturated heterocycles. The first kappa shape index (κ1) is 18.2. The van der Waals surface area contributed by atoms with Crippen molar-refractivity contribution >= 4 is 11.9 Å². The van der Waals surface area contributed by atoms with E-state index in [0.29, 0.717) is 35.5 Å². The zero-order valence-electron chi connectivity index (χ0n) is 14.3. The summed E-state index contributed by atoms with van der Waals surface area (Å²) < 4.78 is 10.5. The Hall–Kier alpha value is -1.82. The fraction of sp³-hybridized carbons (Fsp3) is 0.625. The molecule has 0 aliphatic heterocycles. The van der Waals surface area contributed by atoms with Crippen LogP contribution >= 0.6 is 0 Å². The third-order valence-electron chi connectivity index (χ3n) is 2.97. The second-order valence-corrected chi connectivity index (χ2v) is 5.94. The van der Waals surface area contributed by atoms with E-state index in [1.54, 1.807) is 34.7 Å². The molecule has 0 amide bonds. The highest BCUT2D eigenvalue weighted by atomic mass is 16.6. The van der Waals surface area contributed by atoms with E-state index in [1.165, 1.54) is 0 Å². The highest BCUT2D eigenvalue weighted by Crippen LogP contribution is 2.24. The summed E-state index contributed by atoms with van der Waals surface area (Å²) in [6.45, 7) is 9.78. The van der Waals surface area contributed by atoms with Crippen LogP contribution in [0.4, 0.5) is 0 Å². The van der Waals surface area contributed by atoms with Crippen LogP contribution < -0.4 is 5.32 Å². The predicted molar refractivity (Wildman–Crippen MR) is 84.1 cm³/mol. The number of carbonyl (C=O) groups is 2. The number of ether oxygens (including phenoxy) is 2. The van der Waals surface area contributed by atoms with Gasteiger partial charge in [-0.1, -0.05) is 6.92 Å². The molecule has 0 unspecified atom stereocenters. The molecule has 1 aromatic rings. The highest BCUT2D eigenvalue weighted by Gasteiger charge is 2.28. The number of nitrogens with one attached hydrogen (secondary N) is 2. The quantitative estimate of drug-likeness (QED) is 0.789. The normalized spacial score (nSPS) is 11.4. The summed E-state index contributed by atoms with van der Waals surface area (Å²) >= 11 is 0. The smallest absolute Gasteiger partial charge is 0.355 e. The molecule has 0 bridgehead atoms. The molecule has 0 fully saturated rings. The maximum atomic E-state index is 12.4. The van der Waals surface area contributed by atoms with Crippen LogP contribution in [0.5, 0.6) is 0 Å². The third kappa shape index (κ3) is 4.34. The van der Waals surface area contributed by atoms with E-state index < -0.39 is 17.5 Å². The van der Waals surface area contributed by atoms with Gasteiger partial charge in [0.2, 0.25) is 0 Å². The van der Waals surface area contributed by atoms with Gasteiger partial charge in [-0.3, -0.25) is 0 Å². The van der Waals surface area contributed by atoms with Crippen LogP contribution in [0.2, 0.25) is 0 Å². The van der Waals surface area contributed by atoms with Crippen LogP contribution in [0.25, 0.3) is 0 Å². The molecule has 1 aromatic heterocycles. The molecule has 124 valence electrons. The van der Waals surface area contributed by atoms with Crippen molar-refractivity contribution in [1.82, 2.24) is 10.3 Å². The lowest BCUT2D eigenvalue weighted by atomic mass is 10.1. The van der Waals surface area contributed by atoms with Crippen molar-refractivity contribution in [2.45, 2.75) is 53.2 Å². The molecule has 22 heavy (non-hydrogen) atoms. The zero-order chi connectivity index (χ0) is 16.9. The minimum Gasteiger partial charge on any atom is -0.462 e. The summed E-state index contributed by atoms with van der Waals surface area (Å²) in [4.78, 5) is 27.6. The average Bonchev–Trinajstić information content (AvgIpc) is 2.76. The van der Waals surface area contributed by atoms with Crippen LogP contribution in [0, 0.1) is 0 Å². The van der Waals surface area contributed by atoms with Gasteiger partial charge in [0.1, 0.15) is 11.3 Å². The number of aromatic amines is 1. The number of H-pyrrole nitrogens is 1. The Morgan fingerprint density at radius 1 is 1.18 bits per heavy atom. The molecule has 0 radical (unpaired) electrons. The first-order valence-corrected chi connectivity index (χ1v) is 7.53. The largest absolute Gasteiger partial charge is 0.462 e. The molecule has 0 aliphatic carbocycles. The molecule has 2 N–H and O–H groups in total. The fourth-order valence-electron chi connectivity index (χ4n) is 2.21. The molecule has 1 rings (SSSR count). The molecule has 0 aliphatic rings. The van der Waals surface area contributed by atoms with Crippen LogP contribution in [0.3, 0.4) is 0 Å². The van der Waals surface area contributed by atoms with E-state index in [4.69, 9.17) is 9.47 Å². The van der Waals surface area contributed by atoms with E-state index in [2.05, 4.69) is 10.3 Å². The SMILES string of the molecule is CCOC(=O)c1c(CNC)[nH]c(C(=O)OC(C)(C)C)c1CC. The van der Waals surface area contributed by atoms with Crippen molar-refractivity contribution in [3.8, 4) is 0 Å². The first-order chi connectivity index (χ1) is 10.2. The Morgan fingerprint density at radius 2 is 1.82 bits per heavy atom. The van der Waals surface area contributed by atoms with Gasteiger partial charge in [0.05, 0.1) is 12.2 Å². The highest BCUT2D eigenvalue weighted by molar-refractivity contribution is 5.98. The lowest BCUT2D eigenvalue weighted by Crippen LogP contribution is -2.24. The van der Waals surface area contributed by atoms with Crippen molar-refractivity contribution in [3.05, 3.63) is 22.5 Å². The van der Waals surface area contributed by atoms with E-state index >= 15 is 0 Å². The number of rotatable bonds is 6. The second-order valence-electron chi connectivity index (χ2n) is 5.94. The van der Waals surface area contributed by atoms with Gasteiger partial charge in [-0.2, -0.15) is 0 Å². The molecule has 0 atom stereocenters. The fourth-order valence-corrected chi connectivity index (χ4v) is 2.21. The number of carbonyl (C=O) groups excluding carboxylic acids is 2. The summed E-state index contributed by atoms with van der Waals surface area (Å²) in [5.74, 6) is -0.882. The Balaban J connectivity index is 3.31. The maximum Gasteiger partial charge on any atom is 0.355 e. The van der Waals surface area contributed by atoms with E-state index in [0.717, 1.165) is 0 Å². The van der Waals surface area contributed by atoms with E-state index in [9.17, 15) is 9.59 Å². The van der Waals surface area contributed by atoms with Gasteiger partial charge in [-0.05, 0) is 46.7 Å². The molecular formula is C16H26N2O4. The van der Waals surface area contributed by atoms with Gasteiger partial charge in [-0.25, -0.2) is 9.59 Å². The van der Waals surface area contributed by atoms with Crippen LogP contribution in [0.15, 0.2) is 0 Å². The summed E-state index contributed by atoms with van der Waals surface area (Å²) in [6.07, 6.45) is 0.531. The van der Waals surface area contributed by atoms with Crippen molar-refractivity contribution in [2.75, 3.05) is 13.7 Å². The molecule has 0 saturated carbocycles. The zero-order valence-corrected chi connectivity index (χ0v) is 14.3. The first-order valence-electron chi connectivity index (χ1n) is 7.53. The minimum atomic E-state index is -0.597. The van der Waals surface area contributed by atoms with Crippen molar-refractivity contribution < 1.29 is 19.1 Å². The number of hydrogen-bond acceptors (Lipinski definition) is 5. The van der Waals surface area contributed by atoms with Gasteiger partial charge in [0.25, 0.3) is 0 Å². The third-order valence-corrected chi connectivity index (χ3v) is 2.97. The van der Waals surface area contributed by atoms with Gasteiger partial charge in [0, 0.05) is 12.2 Å². The number of aromatic nitrogens is 1. The topological polar surface area (TPSA) is 80.4 Å². The lowest BCUT2D eigenvalue weighted by molar-refractivity contribution is 0.00622. The predicted octanol–water partition coefficient (Wildman–Crippen LogP) is 2.43. The number of esters is 2. The standard InChI is InChI=1S/C16H26N2O4/c1-7-10-12(14(19)21-8-2)11(9-17-6)18-13(10)15(20)22-16(3,4)5/h17-18H,7-9H2,1-6H3. The number of hydrogen-bond donors (Lipinski definition) is 2. The molecular weight excluding hydrogens is 284 g/mol. The Morgan fingerprint density at radius 3 is 2.27 bits per heavy atom. The second kappa shape index (κ2) is 7.45. The van der Waals surface area contributed by atoms with Crippen LogP contribution in [-0.4, -0.2) is 36.2 Å². The van der Waals surface area contributed by atoms with Gasteiger partial charge in [-0.15, -0.1) is 0 Å². The summed E-state index contributed by atoms with van der Waals surface area (Å²) in [6, 6.07) is 0. The van der Waals surface area contributed by atoms with Crippen LogP contribution in [0.1, 0.15) is 66.7 Å². The molecule has 0 spiro atoms. The molecule has 0 aromatic carbocycles. The van der Waals surface area contributed by atoms with Crippen molar-refractivity contribution in [3.63, 3.8) is 0 Å². The summed E-state index contributed by atoms with van der Waals surface area (Å²) in [5, 5.41) is 2.98. The van der Waals surface area contributed by atoms with Gasteiger partial charge in [0.15, 0.2) is 0 Å². The van der Waals surface area contributed by atoms with Crippen molar-refractivity contribution in [1.29, 1.82) is 0 Å². The van der Waals surface area contributed by atoms with Crippen molar-refractivity contribution in [2.24, 2.45) is 0 Å². The molecule has 6 nitrogen and oxygen atoms in total. The monoisotopic (exact) mass is 310 g/mol. The minimum absolute atomic E-state index is 0.286.